The number of hydrogen-bond donors (Lipinski definition) is 0. The Balaban J connectivity index is 4.22. The zero-order valence-electron chi connectivity index (χ0n) is 25.5. The molecule has 0 heterocycles. The number of rotatable bonds is 31. The van der Waals surface area contributed by atoms with E-state index in [1.807, 2.05) is 0 Å². The molecular weight excluding hydrogens is 444 g/mol. The molecule has 36 heavy (non-hydrogen) atoms. The fraction of sp³-hybridized carbons (Fsp3) is 1.00. The largest absolute Gasteiger partial charge is 0.381 e. The molecule has 3 heteroatoms. The molecule has 0 spiro atoms. The zero-order valence-corrected chi connectivity index (χ0v) is 25.5. The lowest BCUT2D eigenvalue weighted by Gasteiger charge is -2.32. The molecule has 0 aromatic rings. The van der Waals surface area contributed by atoms with E-state index in [9.17, 15) is 0 Å². The molecule has 0 rings (SSSR count). The van der Waals surface area contributed by atoms with Gasteiger partial charge in [0.1, 0.15) is 0 Å². The van der Waals surface area contributed by atoms with E-state index in [-0.39, 0.29) is 5.41 Å². The third-order valence-corrected chi connectivity index (χ3v) is 7.65. The molecule has 0 bridgehead atoms. The normalized spacial score (nSPS) is 12.0. The smallest absolute Gasteiger partial charge is 0.0566 e. The van der Waals surface area contributed by atoms with Crippen LogP contribution in [-0.4, -0.2) is 39.6 Å². The molecule has 0 amide bonds. The van der Waals surface area contributed by atoms with Gasteiger partial charge in [0.2, 0.25) is 0 Å². The van der Waals surface area contributed by atoms with Crippen LogP contribution in [0.15, 0.2) is 0 Å². The molecule has 0 saturated heterocycles. The minimum atomic E-state index is 0.00335. The van der Waals surface area contributed by atoms with Gasteiger partial charge in [-0.3, -0.25) is 0 Å². The summed E-state index contributed by atoms with van der Waals surface area (Å²) < 4.78 is 18.7. The Morgan fingerprint density at radius 3 is 0.833 bits per heavy atom. The Morgan fingerprint density at radius 2 is 0.583 bits per heavy atom. The van der Waals surface area contributed by atoms with Crippen molar-refractivity contribution in [3.63, 3.8) is 0 Å². The molecule has 3 nitrogen and oxygen atoms in total. The maximum atomic E-state index is 6.22. The molecule has 0 fully saturated rings. The SMILES string of the molecule is CCCCCCCCCOCC(CC)(COCCCCCCCCC)COCCCCCCCCC. The van der Waals surface area contributed by atoms with Crippen molar-refractivity contribution in [3.8, 4) is 0 Å². The first-order valence-corrected chi connectivity index (χ1v) is 16.5. The number of unbranched alkanes of at least 4 members (excludes halogenated alkanes) is 18. The van der Waals surface area contributed by atoms with Gasteiger partial charge in [0, 0.05) is 25.2 Å². The van der Waals surface area contributed by atoms with Gasteiger partial charge in [0.15, 0.2) is 0 Å². The summed E-state index contributed by atoms with van der Waals surface area (Å²) in [6, 6.07) is 0. The van der Waals surface area contributed by atoms with Crippen molar-refractivity contribution in [3.05, 3.63) is 0 Å². The van der Waals surface area contributed by atoms with E-state index in [0.717, 1.165) is 46.1 Å². The maximum Gasteiger partial charge on any atom is 0.0566 e. The lowest BCUT2D eigenvalue weighted by Crippen LogP contribution is -2.37. The molecule has 0 atom stereocenters. The summed E-state index contributed by atoms with van der Waals surface area (Å²) in [5, 5.41) is 0. The molecule has 0 radical (unpaired) electrons. The van der Waals surface area contributed by atoms with Gasteiger partial charge in [-0.2, -0.15) is 0 Å². The number of ether oxygens (including phenoxy) is 3. The summed E-state index contributed by atoms with van der Waals surface area (Å²) in [5.74, 6) is 0. The molecule has 0 aliphatic heterocycles. The van der Waals surface area contributed by atoms with E-state index in [1.54, 1.807) is 0 Å². The Labute approximate surface area is 228 Å². The van der Waals surface area contributed by atoms with E-state index >= 15 is 0 Å². The van der Waals surface area contributed by atoms with Crippen LogP contribution in [0.3, 0.4) is 0 Å². The van der Waals surface area contributed by atoms with Gasteiger partial charge >= 0.3 is 0 Å². The van der Waals surface area contributed by atoms with Gasteiger partial charge < -0.3 is 14.2 Å². The van der Waals surface area contributed by atoms with Crippen molar-refractivity contribution in [2.24, 2.45) is 5.41 Å². The molecule has 218 valence electrons. The second kappa shape index (κ2) is 29.4. The molecule has 0 unspecified atom stereocenters. The summed E-state index contributed by atoms with van der Waals surface area (Å²) in [7, 11) is 0. The molecule has 0 aliphatic rings. The van der Waals surface area contributed by atoms with Crippen molar-refractivity contribution in [2.75, 3.05) is 39.6 Å². The van der Waals surface area contributed by atoms with Gasteiger partial charge in [0.25, 0.3) is 0 Å². The summed E-state index contributed by atoms with van der Waals surface area (Å²) in [6.45, 7) is 14.1. The van der Waals surface area contributed by atoms with Crippen LogP contribution in [0.1, 0.15) is 169 Å². The second-order valence-electron chi connectivity index (χ2n) is 11.4. The summed E-state index contributed by atoms with van der Waals surface area (Å²) >= 11 is 0. The summed E-state index contributed by atoms with van der Waals surface area (Å²) in [4.78, 5) is 0. The first-order valence-electron chi connectivity index (χ1n) is 16.5. The van der Waals surface area contributed by atoms with E-state index in [0.29, 0.717) is 0 Å². The van der Waals surface area contributed by atoms with E-state index in [2.05, 4.69) is 27.7 Å². The summed E-state index contributed by atoms with van der Waals surface area (Å²) in [5.41, 5.74) is 0.00335. The zero-order chi connectivity index (χ0) is 26.4. The quantitative estimate of drug-likeness (QED) is 0.0864. The monoisotopic (exact) mass is 513 g/mol. The van der Waals surface area contributed by atoms with Crippen LogP contribution in [0, 0.1) is 5.41 Å². The Kier molecular flexibility index (Phi) is 29.3. The molecule has 0 aromatic carbocycles. The molecule has 0 aliphatic carbocycles. The van der Waals surface area contributed by atoms with Crippen LogP contribution in [-0.2, 0) is 14.2 Å². The molecule has 0 saturated carbocycles. The van der Waals surface area contributed by atoms with Crippen molar-refractivity contribution in [2.45, 2.75) is 169 Å². The lowest BCUT2D eigenvalue weighted by atomic mass is 9.88. The average molecular weight is 513 g/mol. The maximum absolute atomic E-state index is 6.22. The van der Waals surface area contributed by atoms with Gasteiger partial charge in [0.05, 0.1) is 19.8 Å². The second-order valence-corrected chi connectivity index (χ2v) is 11.4. The van der Waals surface area contributed by atoms with Crippen molar-refractivity contribution >= 4 is 0 Å². The fourth-order valence-electron chi connectivity index (χ4n) is 4.78. The van der Waals surface area contributed by atoms with Gasteiger partial charge in [-0.15, -0.1) is 0 Å². The Morgan fingerprint density at radius 1 is 0.333 bits per heavy atom. The minimum absolute atomic E-state index is 0.00335. The van der Waals surface area contributed by atoms with Crippen LogP contribution >= 0.6 is 0 Å². The highest BCUT2D eigenvalue weighted by Crippen LogP contribution is 2.25. The number of hydrogen-bond acceptors (Lipinski definition) is 3. The van der Waals surface area contributed by atoms with E-state index in [4.69, 9.17) is 14.2 Å². The first kappa shape index (κ1) is 35.9. The predicted molar refractivity (Wildman–Crippen MR) is 159 cm³/mol. The molecule has 0 aromatic heterocycles. The third-order valence-electron chi connectivity index (χ3n) is 7.65. The van der Waals surface area contributed by atoms with Crippen LogP contribution < -0.4 is 0 Å². The highest BCUT2D eigenvalue weighted by molar-refractivity contribution is 4.78. The van der Waals surface area contributed by atoms with E-state index < -0.39 is 0 Å². The summed E-state index contributed by atoms with van der Waals surface area (Å²) in [6.07, 6.45) is 29.0. The van der Waals surface area contributed by atoms with E-state index in [1.165, 1.54) is 135 Å². The average Bonchev–Trinajstić information content (AvgIpc) is 2.89. The highest BCUT2D eigenvalue weighted by Gasteiger charge is 2.29. The predicted octanol–water partition coefficient (Wildman–Crippen LogP) is 10.7. The lowest BCUT2D eigenvalue weighted by molar-refractivity contribution is -0.0728. The van der Waals surface area contributed by atoms with Crippen LogP contribution in [0.25, 0.3) is 0 Å². The van der Waals surface area contributed by atoms with Gasteiger partial charge in [-0.25, -0.2) is 0 Å². The third kappa shape index (κ3) is 24.2. The Bertz CT molecular complexity index is 343. The van der Waals surface area contributed by atoms with Gasteiger partial charge in [-0.1, -0.05) is 143 Å². The van der Waals surface area contributed by atoms with Crippen LogP contribution in [0.5, 0.6) is 0 Å². The molecule has 0 N–H and O–H groups in total. The van der Waals surface area contributed by atoms with Crippen molar-refractivity contribution < 1.29 is 14.2 Å². The molecular formula is C33H68O3. The fourth-order valence-corrected chi connectivity index (χ4v) is 4.78. The van der Waals surface area contributed by atoms with Crippen LogP contribution in [0.2, 0.25) is 0 Å². The van der Waals surface area contributed by atoms with Crippen molar-refractivity contribution in [1.82, 2.24) is 0 Å². The topological polar surface area (TPSA) is 27.7 Å². The Hall–Kier alpha value is -0.120. The van der Waals surface area contributed by atoms with Gasteiger partial charge in [-0.05, 0) is 25.7 Å². The first-order chi connectivity index (χ1) is 17.7. The van der Waals surface area contributed by atoms with Crippen LogP contribution in [0.4, 0.5) is 0 Å². The van der Waals surface area contributed by atoms with Crippen molar-refractivity contribution in [1.29, 1.82) is 0 Å². The minimum Gasteiger partial charge on any atom is -0.381 e. The highest BCUT2D eigenvalue weighted by atomic mass is 16.5. The standard InChI is InChI=1S/C33H68O3/c1-5-9-12-15-18-21-24-27-34-30-33(8-4,31-35-28-25-22-19-16-13-10-6-2)32-36-29-26-23-20-17-14-11-7-3/h5-32H2,1-4H3.